The minimum atomic E-state index is -3.47. The summed E-state index contributed by atoms with van der Waals surface area (Å²) < 4.78 is 26.7. The zero-order valence-corrected chi connectivity index (χ0v) is 19.5. The summed E-state index contributed by atoms with van der Waals surface area (Å²) in [5.74, 6) is 0.985. The van der Waals surface area contributed by atoms with Gasteiger partial charge < -0.3 is 4.98 Å². The van der Waals surface area contributed by atoms with Crippen LogP contribution < -0.4 is 5.56 Å². The number of thioether (sulfide) groups is 1. The van der Waals surface area contributed by atoms with Gasteiger partial charge in [0.2, 0.25) is 10.0 Å². The highest BCUT2D eigenvalue weighted by Crippen LogP contribution is 2.31. The Bertz CT molecular complexity index is 1410. The molecule has 0 unspecified atom stereocenters. The van der Waals surface area contributed by atoms with Gasteiger partial charge in [0.15, 0.2) is 0 Å². The molecule has 0 atom stereocenters. The van der Waals surface area contributed by atoms with Crippen LogP contribution in [-0.2, 0) is 15.8 Å². The van der Waals surface area contributed by atoms with Crippen LogP contribution >= 0.6 is 23.1 Å². The number of hydrogen-bond acceptors (Lipinski definition) is 7. The van der Waals surface area contributed by atoms with Crippen LogP contribution in [0.2, 0.25) is 0 Å². The van der Waals surface area contributed by atoms with Crippen LogP contribution in [0.15, 0.2) is 68.8 Å². The number of H-pyrrole nitrogens is 1. The van der Waals surface area contributed by atoms with Crippen LogP contribution in [0.3, 0.4) is 0 Å². The third-order valence-electron chi connectivity index (χ3n) is 5.35. The average molecular weight is 485 g/mol. The molecule has 164 valence electrons. The molecule has 3 aromatic heterocycles. The summed E-state index contributed by atoms with van der Waals surface area (Å²) in [7, 11) is -3.47. The SMILES string of the molecule is O=c1[nH]c(CSc2ccc(S(=O)(=O)N3CCCC3)cn2)nc2scc(-c3ccccc3)c12. The number of nitrogens with zero attached hydrogens (tertiary/aromatic N) is 3. The van der Waals surface area contributed by atoms with Gasteiger partial charge in [0.25, 0.3) is 5.56 Å². The number of benzene rings is 1. The third kappa shape index (κ3) is 4.11. The number of thiophene rings is 1. The van der Waals surface area contributed by atoms with Gasteiger partial charge in [-0.1, -0.05) is 42.1 Å². The van der Waals surface area contributed by atoms with Gasteiger partial charge in [0, 0.05) is 30.2 Å². The number of rotatable bonds is 6. The molecule has 0 amide bonds. The molecule has 0 aliphatic carbocycles. The van der Waals surface area contributed by atoms with E-state index in [4.69, 9.17) is 0 Å². The Labute approximate surface area is 193 Å². The zero-order chi connectivity index (χ0) is 22.1. The van der Waals surface area contributed by atoms with Crippen molar-refractivity contribution in [3.05, 3.63) is 70.2 Å². The second-order valence-corrected chi connectivity index (χ2v) is 11.2. The number of sulfonamides is 1. The van der Waals surface area contributed by atoms with Gasteiger partial charge in [0.1, 0.15) is 15.6 Å². The normalized spacial score (nSPS) is 14.9. The maximum Gasteiger partial charge on any atom is 0.260 e. The van der Waals surface area contributed by atoms with Crippen LogP contribution in [0.1, 0.15) is 18.7 Å². The second kappa shape index (κ2) is 8.78. The Morgan fingerprint density at radius 2 is 1.88 bits per heavy atom. The van der Waals surface area contributed by atoms with E-state index in [2.05, 4.69) is 15.0 Å². The fourth-order valence-corrected chi connectivity index (χ4v) is 6.86. The van der Waals surface area contributed by atoms with Crippen LogP contribution in [0, 0.1) is 0 Å². The molecule has 4 aromatic rings. The van der Waals surface area contributed by atoms with Gasteiger partial charge >= 0.3 is 0 Å². The molecule has 1 aliphatic rings. The highest BCUT2D eigenvalue weighted by atomic mass is 32.2. The van der Waals surface area contributed by atoms with Gasteiger partial charge in [-0.05, 0) is 30.5 Å². The first-order valence-corrected chi connectivity index (χ1v) is 13.5. The molecule has 1 aliphatic heterocycles. The molecule has 10 heteroatoms. The molecule has 1 fully saturated rings. The first-order chi connectivity index (χ1) is 15.5. The van der Waals surface area contributed by atoms with E-state index in [0.29, 0.717) is 39.9 Å². The van der Waals surface area contributed by atoms with Crippen LogP contribution in [0.5, 0.6) is 0 Å². The summed E-state index contributed by atoms with van der Waals surface area (Å²) >= 11 is 2.85. The van der Waals surface area contributed by atoms with Gasteiger partial charge in [-0.3, -0.25) is 4.79 Å². The third-order valence-corrected chi connectivity index (χ3v) is 9.06. The van der Waals surface area contributed by atoms with Gasteiger partial charge in [0.05, 0.1) is 16.2 Å². The molecule has 0 saturated carbocycles. The fourth-order valence-electron chi connectivity index (χ4n) is 3.72. The summed E-state index contributed by atoms with van der Waals surface area (Å²) in [6.45, 7) is 1.13. The van der Waals surface area contributed by atoms with E-state index in [1.165, 1.54) is 33.6 Å². The van der Waals surface area contributed by atoms with Crippen LogP contribution in [-0.4, -0.2) is 40.8 Å². The number of aromatic nitrogens is 3. The van der Waals surface area contributed by atoms with E-state index in [9.17, 15) is 13.2 Å². The number of fused-ring (bicyclic) bond motifs is 1. The Morgan fingerprint density at radius 3 is 2.59 bits per heavy atom. The highest BCUT2D eigenvalue weighted by Gasteiger charge is 2.27. The lowest BCUT2D eigenvalue weighted by atomic mass is 10.1. The van der Waals surface area contributed by atoms with Crippen molar-refractivity contribution in [1.82, 2.24) is 19.3 Å². The maximum atomic E-state index is 12.8. The number of nitrogens with one attached hydrogen (secondary N) is 1. The monoisotopic (exact) mass is 484 g/mol. The Morgan fingerprint density at radius 1 is 1.09 bits per heavy atom. The molecule has 4 heterocycles. The second-order valence-electron chi connectivity index (χ2n) is 7.44. The zero-order valence-electron chi connectivity index (χ0n) is 17.0. The summed E-state index contributed by atoms with van der Waals surface area (Å²) in [4.78, 5) is 25.5. The minimum Gasteiger partial charge on any atom is -0.309 e. The van der Waals surface area contributed by atoms with Crippen molar-refractivity contribution in [3.8, 4) is 11.1 Å². The van der Waals surface area contributed by atoms with Gasteiger partial charge in [-0.2, -0.15) is 4.31 Å². The minimum absolute atomic E-state index is 0.161. The van der Waals surface area contributed by atoms with E-state index in [-0.39, 0.29) is 10.5 Å². The van der Waals surface area contributed by atoms with E-state index in [1.807, 2.05) is 35.7 Å². The van der Waals surface area contributed by atoms with E-state index in [1.54, 1.807) is 12.1 Å². The molecule has 1 aromatic carbocycles. The Kier molecular flexibility index (Phi) is 5.85. The molecule has 7 nitrogen and oxygen atoms in total. The smallest absolute Gasteiger partial charge is 0.260 e. The lowest BCUT2D eigenvalue weighted by Gasteiger charge is -2.15. The standard InChI is InChI=1S/C22H20N4O3S3/c27-21-20-17(15-6-2-1-3-7-15)13-31-22(20)25-18(24-21)14-30-19-9-8-16(12-23-19)32(28,29)26-10-4-5-11-26/h1-3,6-9,12-13H,4-5,10-11,14H2,(H,24,25,27). The summed E-state index contributed by atoms with van der Waals surface area (Å²) in [6.07, 6.45) is 3.20. The van der Waals surface area contributed by atoms with Crippen molar-refractivity contribution in [2.45, 2.75) is 28.5 Å². The van der Waals surface area contributed by atoms with E-state index >= 15 is 0 Å². The van der Waals surface area contributed by atoms with Crippen molar-refractivity contribution in [2.75, 3.05) is 13.1 Å². The lowest BCUT2D eigenvalue weighted by Crippen LogP contribution is -2.27. The lowest BCUT2D eigenvalue weighted by molar-refractivity contribution is 0.477. The fraction of sp³-hybridized carbons (Fsp3) is 0.227. The molecule has 5 rings (SSSR count). The van der Waals surface area contributed by atoms with E-state index < -0.39 is 10.0 Å². The predicted octanol–water partition coefficient (Wildman–Crippen LogP) is 4.12. The quantitative estimate of drug-likeness (QED) is 0.414. The van der Waals surface area contributed by atoms with Gasteiger partial charge in [-0.15, -0.1) is 11.3 Å². The first-order valence-electron chi connectivity index (χ1n) is 10.2. The van der Waals surface area contributed by atoms with Crippen LogP contribution in [0.25, 0.3) is 21.3 Å². The number of aromatic amines is 1. The topological polar surface area (TPSA) is 96.0 Å². The van der Waals surface area contributed by atoms with Crippen molar-refractivity contribution in [2.24, 2.45) is 0 Å². The molecule has 1 saturated heterocycles. The number of hydrogen-bond donors (Lipinski definition) is 1. The van der Waals surface area contributed by atoms with Gasteiger partial charge in [-0.25, -0.2) is 18.4 Å². The summed E-state index contributed by atoms with van der Waals surface area (Å²) in [5.41, 5.74) is 1.71. The van der Waals surface area contributed by atoms with Crippen molar-refractivity contribution in [3.63, 3.8) is 0 Å². The molecule has 32 heavy (non-hydrogen) atoms. The molecular formula is C22H20N4O3S3. The molecule has 1 N–H and O–H groups in total. The largest absolute Gasteiger partial charge is 0.309 e. The predicted molar refractivity (Wildman–Crippen MR) is 127 cm³/mol. The molecular weight excluding hydrogens is 464 g/mol. The highest BCUT2D eigenvalue weighted by molar-refractivity contribution is 7.98. The van der Waals surface area contributed by atoms with Crippen molar-refractivity contribution >= 4 is 43.3 Å². The van der Waals surface area contributed by atoms with Crippen molar-refractivity contribution < 1.29 is 8.42 Å². The molecule has 0 spiro atoms. The van der Waals surface area contributed by atoms with Crippen LogP contribution in [0.4, 0.5) is 0 Å². The summed E-state index contributed by atoms with van der Waals surface area (Å²) in [5, 5.41) is 3.23. The Balaban J connectivity index is 1.33. The molecule has 0 radical (unpaired) electrons. The van der Waals surface area contributed by atoms with E-state index in [0.717, 1.165) is 24.0 Å². The van der Waals surface area contributed by atoms with Crippen molar-refractivity contribution in [1.29, 1.82) is 0 Å². The average Bonchev–Trinajstić information content (AvgIpc) is 3.50. The summed E-state index contributed by atoms with van der Waals surface area (Å²) in [6, 6.07) is 13.1. The maximum absolute atomic E-state index is 12.8. The molecule has 0 bridgehead atoms. The Hall–Kier alpha value is -2.53. The number of pyridine rings is 1. The first kappa shape index (κ1) is 21.3.